The van der Waals surface area contributed by atoms with Gasteiger partial charge in [-0.3, -0.25) is 9.69 Å². The number of benzene rings is 1. The second-order valence-electron chi connectivity index (χ2n) is 6.58. The van der Waals surface area contributed by atoms with Gasteiger partial charge in [0.1, 0.15) is 6.04 Å². The van der Waals surface area contributed by atoms with E-state index in [1.165, 1.54) is 0 Å². The third-order valence-corrected chi connectivity index (χ3v) is 4.49. The fourth-order valence-corrected chi connectivity index (χ4v) is 3.33. The zero-order valence-corrected chi connectivity index (χ0v) is 14.5. The van der Waals surface area contributed by atoms with Gasteiger partial charge in [-0.25, -0.2) is 0 Å². The van der Waals surface area contributed by atoms with E-state index in [9.17, 15) is 4.79 Å². The molecule has 2 aromatic rings. The number of piperidine rings is 1. The third kappa shape index (κ3) is 3.48. The van der Waals surface area contributed by atoms with E-state index in [2.05, 4.69) is 10.1 Å². The molecule has 0 N–H and O–H groups in total. The summed E-state index contributed by atoms with van der Waals surface area (Å²) in [5.74, 6) is 1.55. The molecule has 1 aliphatic rings. The molecule has 0 radical (unpaired) electrons. The number of amides is 1. The Bertz CT molecular complexity index is 683. The van der Waals surface area contributed by atoms with Gasteiger partial charge in [0.15, 0.2) is 5.82 Å². The van der Waals surface area contributed by atoms with Crippen molar-refractivity contribution in [3.8, 4) is 0 Å². The van der Waals surface area contributed by atoms with Gasteiger partial charge in [0.2, 0.25) is 11.8 Å². The molecule has 1 aliphatic heterocycles. The van der Waals surface area contributed by atoms with Crippen molar-refractivity contribution in [2.24, 2.45) is 0 Å². The number of aromatic nitrogens is 2. The first kappa shape index (κ1) is 16.6. The topological polar surface area (TPSA) is 62.5 Å². The van der Waals surface area contributed by atoms with Crippen LogP contribution < -0.4 is 0 Å². The first-order valence-electron chi connectivity index (χ1n) is 8.36. The summed E-state index contributed by atoms with van der Waals surface area (Å²) >= 11 is 0. The van der Waals surface area contributed by atoms with Gasteiger partial charge in [0.05, 0.1) is 5.92 Å². The Labute approximate surface area is 142 Å². The molecule has 1 fully saturated rings. The first-order valence-corrected chi connectivity index (χ1v) is 8.36. The Morgan fingerprint density at radius 3 is 2.71 bits per heavy atom. The van der Waals surface area contributed by atoms with Crippen molar-refractivity contribution >= 4 is 5.91 Å². The van der Waals surface area contributed by atoms with Crippen LogP contribution in [0.4, 0.5) is 0 Å². The third-order valence-electron chi connectivity index (χ3n) is 4.49. The van der Waals surface area contributed by atoms with Crippen LogP contribution in [-0.4, -0.2) is 53.0 Å². The highest BCUT2D eigenvalue weighted by Gasteiger charge is 2.33. The standard InChI is InChI=1S/C18H24N4O2/c1-13-19-17(24-20-13)15-10-7-11-22(12-15)18(23)16(21(2)3)14-8-5-4-6-9-14/h4-6,8-9,15-16H,7,10-12H2,1-3H3/t15-,16-/m0/s1. The van der Waals surface area contributed by atoms with Crippen LogP contribution in [0.2, 0.25) is 0 Å². The second kappa shape index (κ2) is 7.13. The summed E-state index contributed by atoms with van der Waals surface area (Å²) in [5.41, 5.74) is 1.02. The molecule has 2 atom stereocenters. The number of carbonyl (C=O) groups is 1. The van der Waals surface area contributed by atoms with Crippen LogP contribution in [0.25, 0.3) is 0 Å². The molecular weight excluding hydrogens is 304 g/mol. The Morgan fingerprint density at radius 2 is 2.08 bits per heavy atom. The highest BCUT2D eigenvalue weighted by molar-refractivity contribution is 5.83. The molecule has 6 nitrogen and oxygen atoms in total. The van der Waals surface area contributed by atoms with Gasteiger partial charge in [-0.2, -0.15) is 4.98 Å². The van der Waals surface area contributed by atoms with E-state index in [0.29, 0.717) is 18.3 Å². The maximum absolute atomic E-state index is 13.1. The SMILES string of the molecule is Cc1noc([C@H]2CCCN(C(=O)[C@H](c3ccccc3)N(C)C)C2)n1. The minimum Gasteiger partial charge on any atom is -0.340 e. The molecule has 128 valence electrons. The normalized spacial score (nSPS) is 19.5. The summed E-state index contributed by atoms with van der Waals surface area (Å²) < 4.78 is 5.31. The molecular formula is C18H24N4O2. The zero-order valence-electron chi connectivity index (χ0n) is 14.5. The molecule has 1 aromatic heterocycles. The maximum Gasteiger partial charge on any atom is 0.244 e. The number of nitrogens with zero attached hydrogens (tertiary/aromatic N) is 4. The van der Waals surface area contributed by atoms with Crippen molar-refractivity contribution in [3.63, 3.8) is 0 Å². The quantitative estimate of drug-likeness (QED) is 0.862. The van der Waals surface area contributed by atoms with Crippen molar-refractivity contribution in [1.29, 1.82) is 0 Å². The predicted octanol–water partition coefficient (Wildman–Crippen LogP) is 2.39. The van der Waals surface area contributed by atoms with Gasteiger partial charge in [-0.15, -0.1) is 0 Å². The summed E-state index contributed by atoms with van der Waals surface area (Å²) in [6, 6.07) is 9.65. The second-order valence-corrected chi connectivity index (χ2v) is 6.58. The smallest absolute Gasteiger partial charge is 0.244 e. The molecule has 0 aliphatic carbocycles. The predicted molar refractivity (Wildman–Crippen MR) is 90.5 cm³/mol. The van der Waals surface area contributed by atoms with Gasteiger partial charge in [0, 0.05) is 13.1 Å². The highest BCUT2D eigenvalue weighted by Crippen LogP contribution is 2.29. The van der Waals surface area contributed by atoms with E-state index in [1.807, 2.05) is 61.2 Å². The minimum atomic E-state index is -0.269. The molecule has 2 heterocycles. The van der Waals surface area contributed by atoms with Crippen LogP contribution in [0.15, 0.2) is 34.9 Å². The van der Waals surface area contributed by atoms with E-state index in [0.717, 1.165) is 24.9 Å². The van der Waals surface area contributed by atoms with Crippen LogP contribution in [0, 0.1) is 6.92 Å². The number of hydrogen-bond donors (Lipinski definition) is 0. The van der Waals surface area contributed by atoms with Crippen LogP contribution in [-0.2, 0) is 4.79 Å². The van der Waals surface area contributed by atoms with E-state index in [1.54, 1.807) is 0 Å². The Kier molecular flexibility index (Phi) is 4.94. The fourth-order valence-electron chi connectivity index (χ4n) is 3.33. The van der Waals surface area contributed by atoms with E-state index in [-0.39, 0.29) is 17.9 Å². The van der Waals surface area contributed by atoms with Gasteiger partial charge in [-0.1, -0.05) is 35.5 Å². The molecule has 1 aromatic carbocycles. The number of carbonyl (C=O) groups excluding carboxylic acids is 1. The van der Waals surface area contributed by atoms with E-state index in [4.69, 9.17) is 4.52 Å². The number of hydrogen-bond acceptors (Lipinski definition) is 5. The molecule has 0 unspecified atom stereocenters. The molecule has 0 spiro atoms. The molecule has 3 rings (SSSR count). The molecule has 0 bridgehead atoms. The lowest BCUT2D eigenvalue weighted by atomic mass is 9.96. The lowest BCUT2D eigenvalue weighted by Gasteiger charge is -2.35. The van der Waals surface area contributed by atoms with Crippen molar-refractivity contribution in [2.75, 3.05) is 27.2 Å². The zero-order chi connectivity index (χ0) is 17.1. The van der Waals surface area contributed by atoms with E-state index < -0.39 is 0 Å². The Morgan fingerprint density at radius 1 is 1.33 bits per heavy atom. The fraction of sp³-hybridized carbons (Fsp3) is 0.500. The van der Waals surface area contributed by atoms with Crippen LogP contribution in [0.5, 0.6) is 0 Å². The molecule has 24 heavy (non-hydrogen) atoms. The van der Waals surface area contributed by atoms with Crippen LogP contribution >= 0.6 is 0 Å². The summed E-state index contributed by atoms with van der Waals surface area (Å²) in [6.45, 7) is 3.23. The van der Waals surface area contributed by atoms with Crippen molar-refractivity contribution in [1.82, 2.24) is 19.9 Å². The van der Waals surface area contributed by atoms with Gasteiger partial charge < -0.3 is 9.42 Å². The highest BCUT2D eigenvalue weighted by atomic mass is 16.5. The van der Waals surface area contributed by atoms with Gasteiger partial charge in [0.25, 0.3) is 0 Å². The lowest BCUT2D eigenvalue weighted by Crippen LogP contribution is -2.45. The Balaban J connectivity index is 1.77. The number of likely N-dealkylation sites (tertiary alicyclic amines) is 1. The number of rotatable bonds is 4. The average molecular weight is 328 g/mol. The Hall–Kier alpha value is -2.21. The van der Waals surface area contributed by atoms with Crippen molar-refractivity contribution in [3.05, 3.63) is 47.6 Å². The summed E-state index contributed by atoms with van der Waals surface area (Å²) in [6.07, 6.45) is 1.93. The van der Waals surface area contributed by atoms with Crippen molar-refractivity contribution in [2.45, 2.75) is 31.7 Å². The van der Waals surface area contributed by atoms with Crippen LogP contribution in [0.3, 0.4) is 0 Å². The average Bonchev–Trinajstić information content (AvgIpc) is 3.02. The molecule has 1 amide bonds. The minimum absolute atomic E-state index is 0.127. The molecule has 6 heteroatoms. The summed E-state index contributed by atoms with van der Waals surface area (Å²) in [4.78, 5) is 21.4. The number of aryl methyl sites for hydroxylation is 1. The maximum atomic E-state index is 13.1. The van der Waals surface area contributed by atoms with Crippen LogP contribution in [0.1, 0.15) is 42.1 Å². The monoisotopic (exact) mass is 328 g/mol. The molecule has 1 saturated heterocycles. The lowest BCUT2D eigenvalue weighted by molar-refractivity contribution is -0.137. The van der Waals surface area contributed by atoms with E-state index >= 15 is 0 Å². The van der Waals surface area contributed by atoms with Gasteiger partial charge in [-0.05, 0) is 39.4 Å². The molecule has 0 saturated carbocycles. The van der Waals surface area contributed by atoms with Gasteiger partial charge >= 0.3 is 0 Å². The van der Waals surface area contributed by atoms with Crippen molar-refractivity contribution < 1.29 is 9.32 Å². The largest absolute Gasteiger partial charge is 0.340 e. The first-order chi connectivity index (χ1) is 11.6. The summed E-state index contributed by atoms with van der Waals surface area (Å²) in [5, 5.41) is 3.87. The number of likely N-dealkylation sites (N-methyl/N-ethyl adjacent to an activating group) is 1. The summed E-state index contributed by atoms with van der Waals surface area (Å²) in [7, 11) is 3.89.